The molecule has 1 saturated heterocycles. The SMILES string of the molecule is CCCN/C(C(C)=O)=C1/C[N+]1(CC)S(=O)Cc1ccccc1. The average Bonchev–Trinajstić information content (AvgIpc) is 3.24. The molecule has 2 rings (SSSR count). The number of nitrogens with zero attached hydrogens (tertiary/aromatic N) is 1. The molecule has 1 aliphatic rings. The van der Waals surface area contributed by atoms with E-state index in [9.17, 15) is 9.00 Å². The smallest absolute Gasteiger partial charge is 0.216 e. The molecule has 0 saturated carbocycles. The third kappa shape index (κ3) is 3.47. The number of nitrogens with one attached hydrogen (secondary N) is 1. The van der Waals surface area contributed by atoms with Crippen LogP contribution in [0.2, 0.25) is 0 Å². The molecular weight excluding hydrogens is 296 g/mol. The molecule has 22 heavy (non-hydrogen) atoms. The largest absolute Gasteiger partial charge is 0.377 e. The van der Waals surface area contributed by atoms with Crippen molar-refractivity contribution in [2.24, 2.45) is 0 Å². The van der Waals surface area contributed by atoms with Crippen LogP contribution >= 0.6 is 0 Å². The molecule has 0 spiro atoms. The second kappa shape index (κ2) is 7.20. The molecule has 4 nitrogen and oxygen atoms in total. The number of quaternary nitrogens is 1. The molecule has 1 aromatic rings. The zero-order valence-electron chi connectivity index (χ0n) is 13.6. The fraction of sp³-hybridized carbons (Fsp3) is 0.471. The molecule has 1 N–H and O–H groups in total. The molecule has 1 fully saturated rings. The highest BCUT2D eigenvalue weighted by Gasteiger charge is 2.57. The van der Waals surface area contributed by atoms with E-state index in [0.29, 0.717) is 21.9 Å². The minimum Gasteiger partial charge on any atom is -0.377 e. The van der Waals surface area contributed by atoms with E-state index in [1.54, 1.807) is 6.92 Å². The summed E-state index contributed by atoms with van der Waals surface area (Å²) >= 11 is 0. The maximum atomic E-state index is 12.8. The van der Waals surface area contributed by atoms with Crippen LogP contribution in [0.3, 0.4) is 0 Å². The molecule has 0 amide bonds. The molecule has 120 valence electrons. The first-order valence-electron chi connectivity index (χ1n) is 7.83. The molecule has 0 aliphatic carbocycles. The Morgan fingerprint density at radius 2 is 1.95 bits per heavy atom. The van der Waals surface area contributed by atoms with Gasteiger partial charge in [-0.3, -0.25) is 4.79 Å². The van der Waals surface area contributed by atoms with Gasteiger partial charge in [0.1, 0.15) is 11.4 Å². The fourth-order valence-electron chi connectivity index (χ4n) is 2.65. The second-order valence-corrected chi connectivity index (χ2v) is 7.25. The van der Waals surface area contributed by atoms with E-state index >= 15 is 0 Å². The van der Waals surface area contributed by atoms with E-state index in [1.165, 1.54) is 0 Å². The maximum Gasteiger partial charge on any atom is 0.216 e. The van der Waals surface area contributed by atoms with E-state index < -0.39 is 11.0 Å². The zero-order chi connectivity index (χ0) is 16.2. The molecule has 5 heteroatoms. The third-order valence-electron chi connectivity index (χ3n) is 4.02. The van der Waals surface area contributed by atoms with Crippen molar-refractivity contribution in [3.8, 4) is 0 Å². The molecule has 0 radical (unpaired) electrons. The first kappa shape index (κ1) is 16.9. The Balaban J connectivity index is 2.20. The number of ketones is 1. The van der Waals surface area contributed by atoms with Gasteiger partial charge in [0.25, 0.3) is 0 Å². The quantitative estimate of drug-likeness (QED) is 0.455. The monoisotopic (exact) mass is 321 g/mol. The normalized spacial score (nSPS) is 23.8. The van der Waals surface area contributed by atoms with E-state index in [4.69, 9.17) is 0 Å². The van der Waals surface area contributed by atoms with Crippen molar-refractivity contribution < 1.29 is 12.9 Å². The number of hydrogen-bond acceptors (Lipinski definition) is 3. The Hall–Kier alpha value is -1.46. The Bertz CT molecular complexity index is 598. The van der Waals surface area contributed by atoms with Gasteiger partial charge in [0.05, 0.1) is 6.54 Å². The van der Waals surface area contributed by atoms with E-state index in [2.05, 4.69) is 12.2 Å². The Kier molecular flexibility index (Phi) is 5.53. The summed E-state index contributed by atoms with van der Waals surface area (Å²) in [5.41, 5.74) is 2.74. The highest BCUT2D eigenvalue weighted by molar-refractivity contribution is 7.78. The second-order valence-electron chi connectivity index (χ2n) is 5.62. The van der Waals surface area contributed by atoms with Crippen molar-refractivity contribution in [3.63, 3.8) is 0 Å². The standard InChI is InChI=1S/C17H25N2O2S/c1-4-11-18-17(14(3)20)16-12-19(16,5-2)22(21)13-15-9-7-6-8-10-15/h6-10,18H,4-5,11-13H2,1-3H3/q+1/b17-16-. The lowest BCUT2D eigenvalue weighted by atomic mass is 10.2. The van der Waals surface area contributed by atoms with Crippen LogP contribution in [0.25, 0.3) is 0 Å². The van der Waals surface area contributed by atoms with Crippen molar-refractivity contribution in [3.05, 3.63) is 47.3 Å². The van der Waals surface area contributed by atoms with E-state index in [-0.39, 0.29) is 5.78 Å². The number of carbonyl (C=O) groups excluding carboxylic acids is 1. The van der Waals surface area contributed by atoms with Crippen LogP contribution < -0.4 is 5.32 Å². The van der Waals surface area contributed by atoms with Gasteiger partial charge in [-0.1, -0.05) is 37.3 Å². The predicted octanol–water partition coefficient (Wildman–Crippen LogP) is 2.50. The average molecular weight is 321 g/mol. The highest BCUT2D eigenvalue weighted by atomic mass is 32.2. The van der Waals surface area contributed by atoms with Gasteiger partial charge in [0, 0.05) is 13.5 Å². The van der Waals surface area contributed by atoms with Gasteiger partial charge >= 0.3 is 0 Å². The minimum absolute atomic E-state index is 0.0358. The molecule has 1 aliphatic heterocycles. The molecule has 2 atom stereocenters. The lowest BCUT2D eigenvalue weighted by molar-refractivity contribution is -0.632. The van der Waals surface area contributed by atoms with Crippen LogP contribution in [0.15, 0.2) is 41.7 Å². The number of rotatable bonds is 8. The van der Waals surface area contributed by atoms with Crippen LogP contribution in [0, 0.1) is 0 Å². The summed E-state index contributed by atoms with van der Waals surface area (Å²) in [6.07, 6.45) is 0.962. The van der Waals surface area contributed by atoms with Crippen molar-refractivity contribution in [1.82, 2.24) is 5.32 Å². The van der Waals surface area contributed by atoms with Gasteiger partial charge in [0.2, 0.25) is 16.7 Å². The summed E-state index contributed by atoms with van der Waals surface area (Å²) < 4.78 is 13.3. The topological polar surface area (TPSA) is 46.2 Å². The van der Waals surface area contributed by atoms with Gasteiger partial charge in [-0.15, -0.1) is 0 Å². The van der Waals surface area contributed by atoms with Crippen molar-refractivity contribution in [1.29, 1.82) is 0 Å². The Labute approximate surface area is 135 Å². The van der Waals surface area contributed by atoms with E-state index in [0.717, 1.165) is 30.8 Å². The molecule has 0 aromatic heterocycles. The minimum atomic E-state index is -1.06. The first-order chi connectivity index (χ1) is 10.5. The highest BCUT2D eigenvalue weighted by Crippen LogP contribution is 2.40. The summed E-state index contributed by atoms with van der Waals surface area (Å²) in [4.78, 5) is 11.9. The predicted molar refractivity (Wildman–Crippen MR) is 90.0 cm³/mol. The number of benzene rings is 1. The van der Waals surface area contributed by atoms with Crippen LogP contribution in [0.1, 0.15) is 32.8 Å². The number of Topliss-reactive ketones (excluding diaryl/α,β-unsaturated/α-hetero) is 1. The van der Waals surface area contributed by atoms with Crippen LogP contribution in [0.5, 0.6) is 0 Å². The summed E-state index contributed by atoms with van der Waals surface area (Å²) in [7, 11) is -1.06. The van der Waals surface area contributed by atoms with Gasteiger partial charge in [0.15, 0.2) is 12.3 Å². The number of allylic oxidation sites excluding steroid dienone is 1. The van der Waals surface area contributed by atoms with E-state index in [1.807, 2.05) is 37.3 Å². The lowest BCUT2D eigenvalue weighted by Crippen LogP contribution is -2.30. The Morgan fingerprint density at radius 1 is 1.27 bits per heavy atom. The van der Waals surface area contributed by atoms with Crippen molar-refractivity contribution in [2.75, 3.05) is 19.6 Å². The van der Waals surface area contributed by atoms with Crippen molar-refractivity contribution >= 4 is 16.8 Å². The summed E-state index contributed by atoms with van der Waals surface area (Å²) in [5, 5.41) is 3.22. The summed E-state index contributed by atoms with van der Waals surface area (Å²) in [6.45, 7) is 7.91. The van der Waals surface area contributed by atoms with Crippen molar-refractivity contribution in [2.45, 2.75) is 32.9 Å². The third-order valence-corrected chi connectivity index (χ3v) is 5.99. The molecule has 2 unspecified atom stereocenters. The van der Waals surface area contributed by atoms with Gasteiger partial charge in [-0.05, 0) is 18.9 Å². The van der Waals surface area contributed by atoms with Crippen LogP contribution in [-0.4, -0.2) is 33.5 Å². The van der Waals surface area contributed by atoms with Gasteiger partial charge in [-0.2, -0.15) is 8.10 Å². The number of hydrogen-bond donors (Lipinski definition) is 1. The maximum absolute atomic E-state index is 12.8. The first-order valence-corrected chi connectivity index (χ1v) is 9.11. The molecule has 1 heterocycles. The Morgan fingerprint density at radius 3 is 2.50 bits per heavy atom. The molecule has 0 bridgehead atoms. The van der Waals surface area contributed by atoms with Gasteiger partial charge < -0.3 is 5.32 Å². The molecular formula is C17H25N2O2S+. The van der Waals surface area contributed by atoms with Gasteiger partial charge in [-0.25, -0.2) is 0 Å². The summed E-state index contributed by atoms with van der Waals surface area (Å²) in [6, 6.07) is 9.88. The lowest BCUT2D eigenvalue weighted by Gasteiger charge is -2.14. The van der Waals surface area contributed by atoms with Crippen LogP contribution in [-0.2, 0) is 21.5 Å². The van der Waals surface area contributed by atoms with Crippen LogP contribution in [0.4, 0.5) is 0 Å². The zero-order valence-corrected chi connectivity index (χ0v) is 14.4. The summed E-state index contributed by atoms with van der Waals surface area (Å²) in [5.74, 6) is 0.561. The number of likely N-dealkylation sites (N-methyl/N-ethyl adjacent to an activating group) is 1. The fourth-order valence-corrected chi connectivity index (χ4v) is 4.27. The molecule has 1 aromatic carbocycles. The number of carbonyl (C=O) groups is 1.